The fraction of sp³-hybridized carbons (Fsp3) is 0.316. The molecule has 0 aliphatic heterocycles. The molecular formula is C19H22N2O3. The highest BCUT2D eigenvalue weighted by Gasteiger charge is 2.01. The van der Waals surface area contributed by atoms with Crippen LogP contribution in [0.4, 0.5) is 0 Å². The molecule has 24 heavy (non-hydrogen) atoms. The Balaban J connectivity index is 1.68. The summed E-state index contributed by atoms with van der Waals surface area (Å²) >= 11 is 0. The lowest BCUT2D eigenvalue weighted by Crippen LogP contribution is -2.16. The van der Waals surface area contributed by atoms with Gasteiger partial charge in [0.05, 0.1) is 6.21 Å². The first-order valence-corrected chi connectivity index (χ1v) is 8.17. The lowest BCUT2D eigenvalue weighted by molar-refractivity contribution is -0.137. The highest BCUT2D eigenvalue weighted by Crippen LogP contribution is 2.14. The molecule has 0 bridgehead atoms. The molecule has 2 N–H and O–H groups in total. The third-order valence-corrected chi connectivity index (χ3v) is 3.72. The maximum atomic E-state index is 11.7. The number of hydrazone groups is 1. The molecule has 0 aromatic heterocycles. The van der Waals surface area contributed by atoms with Gasteiger partial charge < -0.3 is 5.11 Å². The van der Waals surface area contributed by atoms with Crippen LogP contribution in [0.15, 0.2) is 47.6 Å². The van der Waals surface area contributed by atoms with Crippen LogP contribution in [0.25, 0.3) is 10.8 Å². The zero-order valence-electron chi connectivity index (χ0n) is 13.6. The molecule has 0 fully saturated rings. The van der Waals surface area contributed by atoms with Gasteiger partial charge >= 0.3 is 5.97 Å². The third kappa shape index (κ3) is 6.20. The SMILES string of the molecule is O=C(O)CCCCCCC(=O)N/N=C/c1ccc2ccccc2c1. The number of hydrogen-bond acceptors (Lipinski definition) is 3. The van der Waals surface area contributed by atoms with Crippen LogP contribution >= 0.6 is 0 Å². The van der Waals surface area contributed by atoms with Gasteiger partial charge in [0, 0.05) is 12.8 Å². The standard InChI is InChI=1S/C19H22N2O3/c22-18(9-3-1-2-4-10-19(23)24)21-20-14-15-11-12-16-7-5-6-8-17(16)13-15/h5-8,11-14H,1-4,9-10H2,(H,21,22)(H,23,24)/b20-14+. The molecule has 2 aromatic rings. The van der Waals surface area contributed by atoms with Gasteiger partial charge in [-0.2, -0.15) is 5.10 Å². The van der Waals surface area contributed by atoms with Crippen molar-refractivity contribution in [3.63, 3.8) is 0 Å². The predicted octanol–water partition coefficient (Wildman–Crippen LogP) is 3.72. The first-order valence-electron chi connectivity index (χ1n) is 8.17. The maximum absolute atomic E-state index is 11.7. The number of benzene rings is 2. The van der Waals surface area contributed by atoms with E-state index in [1.54, 1.807) is 6.21 Å². The Morgan fingerprint density at radius 1 is 0.958 bits per heavy atom. The van der Waals surface area contributed by atoms with Gasteiger partial charge in [-0.05, 0) is 35.2 Å². The second-order valence-electron chi connectivity index (χ2n) is 5.71. The second-order valence-corrected chi connectivity index (χ2v) is 5.71. The number of aliphatic carboxylic acids is 1. The lowest BCUT2D eigenvalue weighted by atomic mass is 10.1. The van der Waals surface area contributed by atoms with E-state index in [0.717, 1.165) is 30.2 Å². The largest absolute Gasteiger partial charge is 0.481 e. The molecule has 2 aromatic carbocycles. The maximum Gasteiger partial charge on any atom is 0.303 e. The Kier molecular flexibility index (Phi) is 6.95. The summed E-state index contributed by atoms with van der Waals surface area (Å²) in [5.74, 6) is -0.888. The number of hydrogen-bond donors (Lipinski definition) is 2. The molecule has 0 saturated heterocycles. The molecule has 0 aliphatic rings. The van der Waals surface area contributed by atoms with E-state index in [0.29, 0.717) is 12.8 Å². The normalized spacial score (nSPS) is 11.0. The van der Waals surface area contributed by atoms with Gasteiger partial charge in [-0.3, -0.25) is 9.59 Å². The van der Waals surface area contributed by atoms with E-state index in [4.69, 9.17) is 5.11 Å². The Morgan fingerprint density at radius 2 is 1.67 bits per heavy atom. The van der Waals surface area contributed by atoms with E-state index >= 15 is 0 Å². The van der Waals surface area contributed by atoms with Gasteiger partial charge in [0.25, 0.3) is 0 Å². The summed E-state index contributed by atoms with van der Waals surface area (Å²) < 4.78 is 0. The minimum atomic E-state index is -0.768. The Labute approximate surface area is 141 Å². The van der Waals surface area contributed by atoms with E-state index in [1.807, 2.05) is 36.4 Å². The average Bonchev–Trinajstić information content (AvgIpc) is 2.57. The van der Waals surface area contributed by atoms with Crippen LogP contribution < -0.4 is 5.43 Å². The summed E-state index contributed by atoms with van der Waals surface area (Å²) in [7, 11) is 0. The zero-order chi connectivity index (χ0) is 17.2. The number of amides is 1. The van der Waals surface area contributed by atoms with Crippen LogP contribution in [0.3, 0.4) is 0 Å². The van der Waals surface area contributed by atoms with Crippen molar-refractivity contribution in [2.24, 2.45) is 5.10 Å². The van der Waals surface area contributed by atoms with Gasteiger partial charge in [0.1, 0.15) is 0 Å². The molecule has 0 spiro atoms. The van der Waals surface area contributed by atoms with Crippen molar-refractivity contribution in [1.29, 1.82) is 0 Å². The molecule has 2 rings (SSSR count). The number of carbonyl (C=O) groups is 2. The van der Waals surface area contributed by atoms with Crippen LogP contribution in [0, 0.1) is 0 Å². The zero-order valence-corrected chi connectivity index (χ0v) is 13.6. The smallest absolute Gasteiger partial charge is 0.303 e. The Hall–Kier alpha value is -2.69. The Bertz CT molecular complexity index is 725. The van der Waals surface area contributed by atoms with Crippen LogP contribution in [0.2, 0.25) is 0 Å². The number of carbonyl (C=O) groups excluding carboxylic acids is 1. The molecule has 0 radical (unpaired) electrons. The van der Waals surface area contributed by atoms with Crippen molar-refractivity contribution in [2.75, 3.05) is 0 Å². The minimum Gasteiger partial charge on any atom is -0.481 e. The van der Waals surface area contributed by atoms with E-state index in [2.05, 4.69) is 16.6 Å². The predicted molar refractivity (Wildman–Crippen MR) is 95.0 cm³/mol. The quantitative estimate of drug-likeness (QED) is 0.419. The number of fused-ring (bicyclic) bond motifs is 1. The topological polar surface area (TPSA) is 78.8 Å². The Morgan fingerprint density at radius 3 is 2.42 bits per heavy atom. The molecule has 5 nitrogen and oxygen atoms in total. The van der Waals surface area contributed by atoms with Crippen LogP contribution in [0.1, 0.15) is 44.1 Å². The monoisotopic (exact) mass is 326 g/mol. The molecule has 126 valence electrons. The number of rotatable bonds is 9. The van der Waals surface area contributed by atoms with Gasteiger partial charge in [-0.15, -0.1) is 0 Å². The summed E-state index contributed by atoms with van der Waals surface area (Å²) in [6.45, 7) is 0. The van der Waals surface area contributed by atoms with Crippen molar-refractivity contribution in [1.82, 2.24) is 5.43 Å². The van der Waals surface area contributed by atoms with Gasteiger partial charge in [-0.25, -0.2) is 5.43 Å². The molecule has 0 heterocycles. The number of nitrogens with one attached hydrogen (secondary N) is 1. The van der Waals surface area contributed by atoms with Crippen LogP contribution in [-0.2, 0) is 9.59 Å². The molecular weight excluding hydrogens is 304 g/mol. The second kappa shape index (κ2) is 9.45. The van der Waals surface area contributed by atoms with Crippen molar-refractivity contribution in [3.05, 3.63) is 48.0 Å². The summed E-state index contributed by atoms with van der Waals surface area (Å²) in [4.78, 5) is 22.0. The van der Waals surface area contributed by atoms with Crippen molar-refractivity contribution in [2.45, 2.75) is 38.5 Å². The van der Waals surface area contributed by atoms with Gasteiger partial charge in [-0.1, -0.05) is 49.2 Å². The van der Waals surface area contributed by atoms with Gasteiger partial charge in [0.15, 0.2) is 0 Å². The van der Waals surface area contributed by atoms with E-state index in [1.165, 1.54) is 5.39 Å². The first kappa shape index (κ1) is 17.7. The molecule has 0 aliphatic carbocycles. The number of carboxylic acid groups (broad SMARTS) is 1. The molecule has 0 saturated carbocycles. The summed E-state index contributed by atoms with van der Waals surface area (Å²) in [6.07, 6.45) is 5.34. The summed E-state index contributed by atoms with van der Waals surface area (Å²) in [6, 6.07) is 14.1. The highest BCUT2D eigenvalue weighted by molar-refractivity contribution is 5.90. The van der Waals surface area contributed by atoms with Gasteiger partial charge in [0.2, 0.25) is 5.91 Å². The van der Waals surface area contributed by atoms with Crippen LogP contribution in [-0.4, -0.2) is 23.2 Å². The highest BCUT2D eigenvalue weighted by atomic mass is 16.4. The molecule has 1 amide bonds. The fourth-order valence-electron chi connectivity index (χ4n) is 2.44. The van der Waals surface area contributed by atoms with E-state index in [9.17, 15) is 9.59 Å². The first-order chi connectivity index (χ1) is 11.6. The number of unbranched alkanes of at least 4 members (excludes halogenated alkanes) is 3. The van der Waals surface area contributed by atoms with Crippen LogP contribution in [0.5, 0.6) is 0 Å². The van der Waals surface area contributed by atoms with Crippen molar-refractivity contribution >= 4 is 28.9 Å². The van der Waals surface area contributed by atoms with Crippen molar-refractivity contribution in [3.8, 4) is 0 Å². The number of carboxylic acids is 1. The summed E-state index contributed by atoms with van der Waals surface area (Å²) in [5.41, 5.74) is 3.46. The van der Waals surface area contributed by atoms with Crippen molar-refractivity contribution < 1.29 is 14.7 Å². The third-order valence-electron chi connectivity index (χ3n) is 3.72. The average molecular weight is 326 g/mol. The molecule has 0 unspecified atom stereocenters. The lowest BCUT2D eigenvalue weighted by Gasteiger charge is -2.01. The fourth-order valence-corrected chi connectivity index (χ4v) is 2.44. The minimum absolute atomic E-state index is 0.120. The van der Waals surface area contributed by atoms with E-state index in [-0.39, 0.29) is 12.3 Å². The van der Waals surface area contributed by atoms with E-state index < -0.39 is 5.97 Å². The molecule has 0 atom stereocenters. The number of nitrogens with zero attached hydrogens (tertiary/aromatic N) is 1. The summed E-state index contributed by atoms with van der Waals surface area (Å²) in [5, 5.41) is 14.8. The molecule has 5 heteroatoms.